The molecule has 1 aromatic carbocycles. The van der Waals surface area contributed by atoms with Crippen molar-refractivity contribution < 1.29 is 31.4 Å². The first-order chi connectivity index (χ1) is 7.48. The summed E-state index contributed by atoms with van der Waals surface area (Å²) < 4.78 is 74.9. The van der Waals surface area contributed by atoms with Crippen molar-refractivity contribution in [3.63, 3.8) is 0 Å². The van der Waals surface area contributed by atoms with Gasteiger partial charge in [-0.25, -0.2) is 0 Å². The summed E-state index contributed by atoms with van der Waals surface area (Å²) in [4.78, 5) is 0. The minimum Gasteiger partial charge on any atom is -0.376 e. The Labute approximate surface area is 92.7 Å². The van der Waals surface area contributed by atoms with Crippen LogP contribution in [-0.2, 0) is 11.8 Å². The summed E-state index contributed by atoms with van der Waals surface area (Å²) >= 11 is 0. The van der Waals surface area contributed by atoms with Gasteiger partial charge in [-0.15, -0.1) is 0 Å². The van der Waals surface area contributed by atoms with Gasteiger partial charge in [-0.2, -0.15) is 26.3 Å². The van der Waals surface area contributed by atoms with E-state index >= 15 is 0 Å². The van der Waals surface area contributed by atoms with Gasteiger partial charge >= 0.3 is 12.4 Å². The Morgan fingerprint density at radius 3 is 1.65 bits per heavy atom. The van der Waals surface area contributed by atoms with Crippen LogP contribution in [0.2, 0.25) is 0 Å². The van der Waals surface area contributed by atoms with Gasteiger partial charge in [0.15, 0.2) is 5.60 Å². The second-order valence-electron chi connectivity index (χ2n) is 3.61. The van der Waals surface area contributed by atoms with Crippen molar-refractivity contribution in [2.24, 2.45) is 0 Å². The zero-order valence-electron chi connectivity index (χ0n) is 8.52. The summed E-state index contributed by atoms with van der Waals surface area (Å²) in [6.45, 7) is 0.289. The molecule has 0 amide bonds. The van der Waals surface area contributed by atoms with Crippen molar-refractivity contribution in [1.82, 2.24) is 0 Å². The van der Waals surface area contributed by atoms with Gasteiger partial charge in [-0.1, -0.05) is 18.2 Å². The molecule has 0 aliphatic carbocycles. The molecule has 0 heterocycles. The molecule has 1 N–H and O–H groups in total. The molecule has 1 unspecified atom stereocenters. The molecule has 1 rings (SSSR count). The largest absolute Gasteiger partial charge is 0.421 e. The lowest BCUT2D eigenvalue weighted by atomic mass is 9.90. The maximum Gasteiger partial charge on any atom is 0.421 e. The van der Waals surface area contributed by atoms with Crippen LogP contribution in [0.15, 0.2) is 24.3 Å². The third kappa shape index (κ3) is 2.54. The first kappa shape index (κ1) is 13.8. The van der Waals surface area contributed by atoms with E-state index in [1.165, 1.54) is 0 Å². The SMILES string of the molecule is CC(O)(c1ccccc1C(F)(F)F)C(F)(F)F. The topological polar surface area (TPSA) is 20.2 Å². The zero-order valence-corrected chi connectivity index (χ0v) is 8.52. The van der Waals surface area contributed by atoms with Gasteiger partial charge in [-0.05, 0) is 13.0 Å². The number of aliphatic hydroxyl groups is 1. The number of rotatable bonds is 1. The van der Waals surface area contributed by atoms with E-state index in [2.05, 4.69) is 0 Å². The monoisotopic (exact) mass is 258 g/mol. The van der Waals surface area contributed by atoms with Crippen LogP contribution in [0.25, 0.3) is 0 Å². The minimum atomic E-state index is -5.19. The maximum absolute atomic E-state index is 12.5. The van der Waals surface area contributed by atoms with E-state index in [4.69, 9.17) is 0 Å². The van der Waals surface area contributed by atoms with Crippen molar-refractivity contribution in [3.05, 3.63) is 35.4 Å². The van der Waals surface area contributed by atoms with Gasteiger partial charge in [0, 0.05) is 5.56 Å². The first-order valence-electron chi connectivity index (χ1n) is 4.43. The van der Waals surface area contributed by atoms with E-state index in [1.807, 2.05) is 0 Å². The van der Waals surface area contributed by atoms with Gasteiger partial charge in [0.25, 0.3) is 0 Å². The smallest absolute Gasteiger partial charge is 0.376 e. The fourth-order valence-electron chi connectivity index (χ4n) is 1.31. The Hall–Kier alpha value is -1.24. The molecule has 0 saturated heterocycles. The van der Waals surface area contributed by atoms with Gasteiger partial charge in [0.2, 0.25) is 0 Å². The second kappa shape index (κ2) is 3.90. The molecule has 0 fully saturated rings. The number of hydrogen-bond acceptors (Lipinski definition) is 1. The van der Waals surface area contributed by atoms with E-state index in [9.17, 15) is 31.4 Å². The summed E-state index contributed by atoms with van der Waals surface area (Å²) in [5.74, 6) is 0. The van der Waals surface area contributed by atoms with Crippen LogP contribution in [0, 0.1) is 0 Å². The van der Waals surface area contributed by atoms with E-state index < -0.39 is 29.1 Å². The van der Waals surface area contributed by atoms with Crippen molar-refractivity contribution in [2.75, 3.05) is 0 Å². The van der Waals surface area contributed by atoms with E-state index in [0.717, 1.165) is 12.1 Å². The number of halogens is 6. The molecule has 0 aliphatic rings. The molecule has 0 saturated carbocycles. The highest BCUT2D eigenvalue weighted by Crippen LogP contribution is 2.43. The standard InChI is InChI=1S/C10H8F6O/c1-8(17,10(14,15)16)6-4-2-3-5-7(6)9(11,12)13/h2-5,17H,1H3. The van der Waals surface area contributed by atoms with Gasteiger partial charge in [-0.3, -0.25) is 0 Å². The molecule has 96 valence electrons. The third-order valence-corrected chi connectivity index (χ3v) is 2.31. The van der Waals surface area contributed by atoms with Crippen molar-refractivity contribution >= 4 is 0 Å². The quantitative estimate of drug-likeness (QED) is 0.764. The molecule has 0 aliphatic heterocycles. The Kier molecular flexibility index (Phi) is 3.17. The summed E-state index contributed by atoms with van der Waals surface area (Å²) in [6, 6.07) is 3.06. The Morgan fingerprint density at radius 1 is 0.882 bits per heavy atom. The van der Waals surface area contributed by atoms with Crippen LogP contribution < -0.4 is 0 Å². The van der Waals surface area contributed by atoms with Crippen molar-refractivity contribution in [1.29, 1.82) is 0 Å². The van der Waals surface area contributed by atoms with Crippen LogP contribution in [0.3, 0.4) is 0 Å². The van der Waals surface area contributed by atoms with Gasteiger partial charge < -0.3 is 5.11 Å². The van der Waals surface area contributed by atoms with E-state index in [-0.39, 0.29) is 6.92 Å². The fraction of sp³-hybridized carbons (Fsp3) is 0.400. The highest BCUT2D eigenvalue weighted by Gasteiger charge is 2.54. The fourth-order valence-corrected chi connectivity index (χ4v) is 1.31. The van der Waals surface area contributed by atoms with Crippen LogP contribution in [0.4, 0.5) is 26.3 Å². The molecule has 1 nitrogen and oxygen atoms in total. The summed E-state index contributed by atoms with van der Waals surface area (Å²) in [5, 5.41) is 9.24. The van der Waals surface area contributed by atoms with Crippen LogP contribution >= 0.6 is 0 Å². The molecule has 0 bridgehead atoms. The summed E-state index contributed by atoms with van der Waals surface area (Å²) in [6.07, 6.45) is -10.1. The van der Waals surface area contributed by atoms with Crippen molar-refractivity contribution in [2.45, 2.75) is 24.9 Å². The lowest BCUT2D eigenvalue weighted by molar-refractivity contribution is -0.260. The van der Waals surface area contributed by atoms with E-state index in [0.29, 0.717) is 12.1 Å². The van der Waals surface area contributed by atoms with Gasteiger partial charge in [0.1, 0.15) is 0 Å². The summed E-state index contributed by atoms with van der Waals surface area (Å²) in [5.41, 5.74) is -6.25. The van der Waals surface area contributed by atoms with Gasteiger partial charge in [0.05, 0.1) is 5.56 Å². The molecule has 0 aromatic heterocycles. The lowest BCUT2D eigenvalue weighted by Crippen LogP contribution is -2.40. The average molecular weight is 258 g/mol. The predicted octanol–water partition coefficient (Wildman–Crippen LogP) is 3.48. The molecule has 0 radical (unpaired) electrons. The molecular weight excluding hydrogens is 250 g/mol. The lowest BCUT2D eigenvalue weighted by Gasteiger charge is -2.29. The molecule has 1 atom stereocenters. The molecule has 0 spiro atoms. The number of benzene rings is 1. The Bertz CT molecular complexity index is 404. The highest BCUT2D eigenvalue weighted by molar-refractivity contribution is 5.35. The number of alkyl halides is 6. The maximum atomic E-state index is 12.5. The summed E-state index contributed by atoms with van der Waals surface area (Å²) in [7, 11) is 0. The molecule has 17 heavy (non-hydrogen) atoms. The number of hydrogen-bond donors (Lipinski definition) is 1. The van der Waals surface area contributed by atoms with E-state index in [1.54, 1.807) is 0 Å². The Balaban J connectivity index is 3.43. The third-order valence-electron chi connectivity index (χ3n) is 2.31. The normalized spacial score (nSPS) is 16.7. The van der Waals surface area contributed by atoms with Crippen molar-refractivity contribution in [3.8, 4) is 0 Å². The highest BCUT2D eigenvalue weighted by atomic mass is 19.4. The Morgan fingerprint density at radius 2 is 1.29 bits per heavy atom. The molecule has 1 aromatic rings. The minimum absolute atomic E-state index is 0.289. The van der Waals surface area contributed by atoms with Crippen LogP contribution in [0.5, 0.6) is 0 Å². The van der Waals surface area contributed by atoms with Crippen LogP contribution in [0.1, 0.15) is 18.1 Å². The zero-order chi connectivity index (χ0) is 13.5. The first-order valence-corrected chi connectivity index (χ1v) is 4.43. The van der Waals surface area contributed by atoms with Crippen LogP contribution in [-0.4, -0.2) is 11.3 Å². The molecular formula is C10H8F6O. The predicted molar refractivity (Wildman–Crippen MR) is 47.1 cm³/mol. The molecule has 7 heteroatoms. The second-order valence-corrected chi connectivity index (χ2v) is 3.61. The average Bonchev–Trinajstić information content (AvgIpc) is 2.14.